The third-order valence-electron chi connectivity index (χ3n) is 4.14. The predicted molar refractivity (Wildman–Crippen MR) is 82.7 cm³/mol. The van der Waals surface area contributed by atoms with Gasteiger partial charge in [0.1, 0.15) is 0 Å². The molecule has 1 heterocycles. The smallest absolute Gasteiger partial charge is 0.241 e. The summed E-state index contributed by atoms with van der Waals surface area (Å²) in [6.45, 7) is 3.23. The number of carbonyl (C=O) groups is 2. The van der Waals surface area contributed by atoms with Gasteiger partial charge in [0.2, 0.25) is 11.8 Å². The van der Waals surface area contributed by atoms with Gasteiger partial charge < -0.3 is 11.1 Å². The molecule has 1 unspecified atom stereocenters. The van der Waals surface area contributed by atoms with Crippen LogP contribution in [0.1, 0.15) is 25.3 Å². The number of hydrogen-bond donors (Lipinski definition) is 2. The zero-order chi connectivity index (χ0) is 16.1. The van der Waals surface area contributed by atoms with E-state index in [1.54, 1.807) is 24.3 Å². The van der Waals surface area contributed by atoms with Crippen LogP contribution in [-0.4, -0.2) is 35.8 Å². The molecule has 0 aromatic heterocycles. The number of hydrogen-bond acceptors (Lipinski definition) is 4. The van der Waals surface area contributed by atoms with E-state index in [9.17, 15) is 9.59 Å². The molecule has 6 heteroatoms. The fraction of sp³-hybridized carbons (Fsp3) is 0.438. The first-order chi connectivity index (χ1) is 10.5. The number of amides is 2. The molecule has 0 radical (unpaired) electrons. The second-order valence-electron chi connectivity index (χ2n) is 5.57. The molecule has 0 saturated carbocycles. The van der Waals surface area contributed by atoms with Crippen LogP contribution in [0.4, 0.5) is 5.69 Å². The van der Waals surface area contributed by atoms with Gasteiger partial charge in [-0.25, -0.2) is 0 Å². The van der Waals surface area contributed by atoms with Crippen LogP contribution in [0.3, 0.4) is 0 Å². The van der Waals surface area contributed by atoms with E-state index in [1.165, 1.54) is 0 Å². The molecule has 1 aliphatic rings. The topological polar surface area (TPSA) is 99.2 Å². The highest BCUT2D eigenvalue weighted by atomic mass is 16.2. The van der Waals surface area contributed by atoms with Gasteiger partial charge in [0, 0.05) is 11.6 Å². The summed E-state index contributed by atoms with van der Waals surface area (Å²) in [6, 6.07) is 8.52. The quantitative estimate of drug-likeness (QED) is 0.869. The fourth-order valence-electron chi connectivity index (χ4n) is 2.61. The Morgan fingerprint density at radius 3 is 2.41 bits per heavy atom. The second-order valence-corrected chi connectivity index (χ2v) is 5.57. The van der Waals surface area contributed by atoms with Crippen LogP contribution >= 0.6 is 0 Å². The maximum Gasteiger partial charge on any atom is 0.241 e. The van der Waals surface area contributed by atoms with Crippen molar-refractivity contribution in [3.63, 3.8) is 0 Å². The number of rotatable bonds is 4. The van der Waals surface area contributed by atoms with E-state index in [4.69, 9.17) is 11.0 Å². The van der Waals surface area contributed by atoms with Crippen LogP contribution in [0.15, 0.2) is 24.3 Å². The van der Waals surface area contributed by atoms with E-state index < -0.39 is 0 Å². The zero-order valence-electron chi connectivity index (χ0n) is 12.6. The number of anilines is 1. The normalized spacial score (nSPS) is 17.5. The van der Waals surface area contributed by atoms with Crippen molar-refractivity contribution < 1.29 is 9.59 Å². The van der Waals surface area contributed by atoms with Crippen LogP contribution in [0.25, 0.3) is 0 Å². The molecule has 1 fully saturated rings. The van der Waals surface area contributed by atoms with Gasteiger partial charge in [0.15, 0.2) is 0 Å². The number of likely N-dealkylation sites (tertiary alicyclic amines) is 1. The van der Waals surface area contributed by atoms with Gasteiger partial charge in [-0.2, -0.15) is 5.26 Å². The maximum atomic E-state index is 12.3. The number of carbonyl (C=O) groups excluding carboxylic acids is 2. The van der Waals surface area contributed by atoms with E-state index >= 15 is 0 Å². The minimum Gasteiger partial charge on any atom is -0.369 e. The first-order valence-corrected chi connectivity index (χ1v) is 7.35. The van der Waals surface area contributed by atoms with Crippen molar-refractivity contribution in [1.29, 1.82) is 5.26 Å². The molecular weight excluding hydrogens is 280 g/mol. The van der Waals surface area contributed by atoms with Crippen LogP contribution in [0, 0.1) is 17.2 Å². The van der Waals surface area contributed by atoms with Crippen molar-refractivity contribution in [2.24, 2.45) is 11.7 Å². The average molecular weight is 300 g/mol. The number of nitriles is 1. The molecule has 116 valence electrons. The van der Waals surface area contributed by atoms with Crippen molar-refractivity contribution in [3.05, 3.63) is 29.8 Å². The zero-order valence-corrected chi connectivity index (χ0v) is 12.6. The van der Waals surface area contributed by atoms with Crippen molar-refractivity contribution in [2.75, 3.05) is 18.4 Å². The summed E-state index contributed by atoms with van der Waals surface area (Å²) < 4.78 is 0. The van der Waals surface area contributed by atoms with E-state index in [0.29, 0.717) is 37.2 Å². The minimum atomic E-state index is -0.274. The lowest BCUT2D eigenvalue weighted by Crippen LogP contribution is -2.47. The van der Waals surface area contributed by atoms with Gasteiger partial charge in [-0.3, -0.25) is 14.5 Å². The number of nitrogens with zero attached hydrogens (tertiary/aromatic N) is 2. The highest BCUT2D eigenvalue weighted by Gasteiger charge is 2.28. The Morgan fingerprint density at radius 1 is 1.32 bits per heavy atom. The highest BCUT2D eigenvalue weighted by Crippen LogP contribution is 2.19. The molecule has 6 nitrogen and oxygen atoms in total. The lowest BCUT2D eigenvalue weighted by Gasteiger charge is -2.34. The van der Waals surface area contributed by atoms with Crippen LogP contribution < -0.4 is 11.1 Å². The Labute approximate surface area is 129 Å². The molecule has 22 heavy (non-hydrogen) atoms. The summed E-state index contributed by atoms with van der Waals surface area (Å²) in [7, 11) is 0. The number of nitrogens with two attached hydrogens (primary N) is 1. The Morgan fingerprint density at radius 2 is 1.91 bits per heavy atom. The summed E-state index contributed by atoms with van der Waals surface area (Å²) in [6.07, 6.45) is 1.40. The van der Waals surface area contributed by atoms with Gasteiger partial charge in [0.05, 0.1) is 17.7 Å². The Hall–Kier alpha value is -2.39. The SMILES string of the molecule is CC(C(=O)Nc1ccc(C#N)cc1)N1CCC(C(N)=O)CC1. The van der Waals surface area contributed by atoms with Gasteiger partial charge >= 0.3 is 0 Å². The maximum absolute atomic E-state index is 12.3. The molecule has 1 aliphatic heterocycles. The number of nitrogens with one attached hydrogen (secondary N) is 1. The van der Waals surface area contributed by atoms with E-state index in [2.05, 4.69) is 10.2 Å². The molecule has 1 aromatic rings. The summed E-state index contributed by atoms with van der Waals surface area (Å²) in [5.74, 6) is -0.429. The molecule has 0 aliphatic carbocycles. The van der Waals surface area contributed by atoms with Crippen LogP contribution in [-0.2, 0) is 9.59 Å². The molecular formula is C16H20N4O2. The Balaban J connectivity index is 1.89. The van der Waals surface area contributed by atoms with E-state index in [1.807, 2.05) is 13.0 Å². The van der Waals surface area contributed by atoms with Gasteiger partial charge in [-0.15, -0.1) is 0 Å². The van der Waals surface area contributed by atoms with Crippen LogP contribution in [0.2, 0.25) is 0 Å². The van der Waals surface area contributed by atoms with E-state index in [0.717, 1.165) is 0 Å². The summed E-state index contributed by atoms with van der Waals surface area (Å²) in [5.41, 5.74) is 6.54. The third kappa shape index (κ3) is 3.83. The number of piperidine rings is 1. The van der Waals surface area contributed by atoms with Crippen molar-refractivity contribution in [2.45, 2.75) is 25.8 Å². The third-order valence-corrected chi connectivity index (χ3v) is 4.14. The molecule has 0 bridgehead atoms. The van der Waals surface area contributed by atoms with Gasteiger partial charge in [-0.1, -0.05) is 0 Å². The molecule has 2 amide bonds. The summed E-state index contributed by atoms with van der Waals surface area (Å²) >= 11 is 0. The van der Waals surface area contributed by atoms with Crippen molar-refractivity contribution in [1.82, 2.24) is 4.90 Å². The van der Waals surface area contributed by atoms with Crippen molar-refractivity contribution in [3.8, 4) is 6.07 Å². The molecule has 1 saturated heterocycles. The van der Waals surface area contributed by atoms with Gasteiger partial charge in [0.25, 0.3) is 0 Å². The number of primary amides is 1. The summed E-state index contributed by atoms with van der Waals surface area (Å²) in [5, 5.41) is 11.6. The number of benzene rings is 1. The van der Waals surface area contributed by atoms with Crippen LogP contribution in [0.5, 0.6) is 0 Å². The standard InChI is InChI=1S/C16H20N4O2/c1-11(20-8-6-13(7-9-20)15(18)21)16(22)19-14-4-2-12(10-17)3-5-14/h2-5,11,13H,6-9H2,1H3,(H2,18,21)(H,19,22). The lowest BCUT2D eigenvalue weighted by molar-refractivity contribution is -0.124. The monoisotopic (exact) mass is 300 g/mol. The minimum absolute atomic E-state index is 0.0787. The molecule has 2 rings (SSSR count). The Bertz CT molecular complexity index is 583. The largest absolute Gasteiger partial charge is 0.369 e. The average Bonchev–Trinajstić information content (AvgIpc) is 2.55. The predicted octanol–water partition coefficient (Wildman–Crippen LogP) is 1.08. The first kappa shape index (κ1) is 16.0. The Kier molecular flexibility index (Phi) is 5.12. The first-order valence-electron chi connectivity index (χ1n) is 7.35. The molecule has 3 N–H and O–H groups in total. The fourth-order valence-corrected chi connectivity index (χ4v) is 2.61. The molecule has 0 spiro atoms. The molecule has 1 aromatic carbocycles. The highest BCUT2D eigenvalue weighted by molar-refractivity contribution is 5.94. The summed E-state index contributed by atoms with van der Waals surface area (Å²) in [4.78, 5) is 25.5. The second kappa shape index (κ2) is 7.05. The van der Waals surface area contributed by atoms with Gasteiger partial charge in [-0.05, 0) is 57.1 Å². The molecule has 1 atom stereocenters. The lowest BCUT2D eigenvalue weighted by atomic mass is 9.95. The van der Waals surface area contributed by atoms with Crippen molar-refractivity contribution >= 4 is 17.5 Å². The van der Waals surface area contributed by atoms with E-state index in [-0.39, 0.29) is 23.8 Å².